The van der Waals surface area contributed by atoms with Crippen molar-refractivity contribution in [1.29, 1.82) is 0 Å². The highest BCUT2D eigenvalue weighted by Crippen LogP contribution is 2.40. The van der Waals surface area contributed by atoms with Crippen molar-refractivity contribution in [2.24, 2.45) is 11.3 Å². The summed E-state index contributed by atoms with van der Waals surface area (Å²) in [5, 5.41) is 0. The summed E-state index contributed by atoms with van der Waals surface area (Å²) in [5.41, 5.74) is 1.28. The number of likely N-dealkylation sites (tertiary alicyclic amines) is 2. The number of H-pyrrole nitrogens is 1. The zero-order chi connectivity index (χ0) is 18.3. The Balaban J connectivity index is 1.40. The summed E-state index contributed by atoms with van der Waals surface area (Å²) in [7, 11) is 0. The number of hydrogen-bond donors (Lipinski definition) is 1. The predicted octanol–water partition coefficient (Wildman–Crippen LogP) is 1.65. The number of amides is 1. The van der Waals surface area contributed by atoms with E-state index in [9.17, 15) is 9.59 Å². The van der Waals surface area contributed by atoms with Crippen molar-refractivity contribution >= 4 is 5.91 Å². The molecule has 0 aromatic carbocycles. The van der Waals surface area contributed by atoms with Crippen LogP contribution in [0.3, 0.4) is 0 Å². The Labute approximate surface area is 155 Å². The Morgan fingerprint density at radius 1 is 1.23 bits per heavy atom. The topological polar surface area (TPSA) is 69.3 Å². The first-order valence-electron chi connectivity index (χ1n) is 10.0. The lowest BCUT2D eigenvalue weighted by molar-refractivity contribution is -0.130. The number of aromatic nitrogens is 2. The molecule has 3 heterocycles. The van der Waals surface area contributed by atoms with E-state index in [1.54, 1.807) is 6.92 Å². The molecule has 1 aromatic rings. The molecule has 142 valence electrons. The maximum atomic E-state index is 12.8. The third-order valence-electron chi connectivity index (χ3n) is 6.41. The number of carbonyl (C=O) groups excluding carboxylic acids is 1. The summed E-state index contributed by atoms with van der Waals surface area (Å²) in [6.45, 7) is 8.86. The van der Waals surface area contributed by atoms with Gasteiger partial charge in [-0.05, 0) is 58.4 Å². The first-order valence-corrected chi connectivity index (χ1v) is 10.0. The van der Waals surface area contributed by atoms with Crippen molar-refractivity contribution < 1.29 is 4.79 Å². The molecule has 1 amide bonds. The number of aryl methyl sites for hydroxylation is 2. The minimum absolute atomic E-state index is 0.0699. The van der Waals surface area contributed by atoms with Gasteiger partial charge in [0.15, 0.2) is 0 Å². The van der Waals surface area contributed by atoms with Crippen LogP contribution in [0.15, 0.2) is 4.79 Å². The monoisotopic (exact) mass is 358 g/mol. The second kappa shape index (κ2) is 6.80. The Kier molecular flexibility index (Phi) is 4.63. The lowest BCUT2D eigenvalue weighted by atomic mass is 9.79. The molecule has 1 aliphatic carbocycles. The van der Waals surface area contributed by atoms with Crippen LogP contribution in [0.25, 0.3) is 0 Å². The van der Waals surface area contributed by atoms with Gasteiger partial charge in [0.05, 0.1) is 6.42 Å². The molecule has 1 aromatic heterocycles. The number of aromatic amines is 1. The minimum Gasteiger partial charge on any atom is -0.342 e. The summed E-state index contributed by atoms with van der Waals surface area (Å²) >= 11 is 0. The molecule has 0 unspecified atom stereocenters. The largest absolute Gasteiger partial charge is 0.342 e. The molecular weight excluding hydrogens is 328 g/mol. The molecule has 2 saturated heterocycles. The second-order valence-electron chi connectivity index (χ2n) is 8.74. The van der Waals surface area contributed by atoms with Crippen molar-refractivity contribution in [3.05, 3.63) is 27.4 Å². The highest BCUT2D eigenvalue weighted by molar-refractivity contribution is 5.79. The van der Waals surface area contributed by atoms with E-state index in [1.807, 2.05) is 11.8 Å². The molecule has 0 bridgehead atoms. The molecule has 4 rings (SSSR count). The fraction of sp³-hybridized carbons (Fsp3) is 0.750. The fourth-order valence-corrected chi connectivity index (χ4v) is 4.83. The molecule has 2 aliphatic heterocycles. The van der Waals surface area contributed by atoms with E-state index in [1.165, 1.54) is 38.8 Å². The molecule has 1 spiro atoms. The molecule has 6 nitrogen and oxygen atoms in total. The van der Waals surface area contributed by atoms with Crippen molar-refractivity contribution in [2.75, 3.05) is 32.7 Å². The zero-order valence-corrected chi connectivity index (χ0v) is 16.0. The van der Waals surface area contributed by atoms with Crippen LogP contribution in [0.4, 0.5) is 0 Å². The summed E-state index contributed by atoms with van der Waals surface area (Å²) in [4.78, 5) is 36.7. The second-order valence-corrected chi connectivity index (χ2v) is 8.74. The number of nitrogens with zero attached hydrogens (tertiary/aromatic N) is 3. The molecule has 1 atom stereocenters. The van der Waals surface area contributed by atoms with Crippen LogP contribution >= 0.6 is 0 Å². The third kappa shape index (κ3) is 3.70. The Bertz CT molecular complexity index is 755. The lowest BCUT2D eigenvalue weighted by Gasteiger charge is -2.40. The maximum absolute atomic E-state index is 12.8. The van der Waals surface area contributed by atoms with Crippen LogP contribution in [0, 0.1) is 25.2 Å². The smallest absolute Gasteiger partial charge is 0.254 e. The first-order chi connectivity index (χ1) is 12.4. The normalized spacial score (nSPS) is 26.6. The van der Waals surface area contributed by atoms with E-state index < -0.39 is 0 Å². The van der Waals surface area contributed by atoms with E-state index in [2.05, 4.69) is 14.9 Å². The van der Waals surface area contributed by atoms with Crippen molar-refractivity contribution in [3.8, 4) is 0 Å². The van der Waals surface area contributed by atoms with Crippen molar-refractivity contribution in [1.82, 2.24) is 19.8 Å². The first kappa shape index (κ1) is 17.7. The SMILES string of the molecule is Cc1nc(C)c(CC(=O)N2CC[C@@]3(CCCN(CC4CC4)C3)C2)c(=O)[nH]1. The van der Waals surface area contributed by atoms with Gasteiger partial charge in [0.2, 0.25) is 5.91 Å². The molecule has 3 fully saturated rings. The molecule has 0 radical (unpaired) electrons. The molecule has 1 N–H and O–H groups in total. The van der Waals surface area contributed by atoms with Gasteiger partial charge in [0.1, 0.15) is 5.82 Å². The average molecular weight is 358 g/mol. The van der Waals surface area contributed by atoms with Crippen LogP contribution < -0.4 is 5.56 Å². The van der Waals surface area contributed by atoms with Crippen LogP contribution in [-0.4, -0.2) is 58.4 Å². The highest BCUT2D eigenvalue weighted by Gasteiger charge is 2.43. The van der Waals surface area contributed by atoms with Gasteiger partial charge in [-0.25, -0.2) is 4.98 Å². The van der Waals surface area contributed by atoms with E-state index in [-0.39, 0.29) is 23.3 Å². The highest BCUT2D eigenvalue weighted by atomic mass is 16.2. The fourth-order valence-electron chi connectivity index (χ4n) is 4.83. The molecule has 1 saturated carbocycles. The number of rotatable bonds is 4. The van der Waals surface area contributed by atoms with Crippen LogP contribution in [0.2, 0.25) is 0 Å². The van der Waals surface area contributed by atoms with Gasteiger partial charge in [0, 0.05) is 42.9 Å². The quantitative estimate of drug-likeness (QED) is 0.889. The number of carbonyl (C=O) groups is 1. The zero-order valence-electron chi connectivity index (χ0n) is 16.0. The summed E-state index contributed by atoms with van der Waals surface area (Å²) < 4.78 is 0. The van der Waals surface area contributed by atoms with Gasteiger partial charge in [-0.1, -0.05) is 0 Å². The molecule has 6 heteroatoms. The van der Waals surface area contributed by atoms with E-state index in [4.69, 9.17) is 0 Å². The van der Waals surface area contributed by atoms with Gasteiger partial charge >= 0.3 is 0 Å². The van der Waals surface area contributed by atoms with Gasteiger partial charge in [-0.2, -0.15) is 0 Å². The maximum Gasteiger partial charge on any atom is 0.254 e. The van der Waals surface area contributed by atoms with Crippen LogP contribution in [0.1, 0.15) is 49.2 Å². The predicted molar refractivity (Wildman–Crippen MR) is 100 cm³/mol. The Morgan fingerprint density at radius 3 is 2.77 bits per heavy atom. The van der Waals surface area contributed by atoms with Crippen molar-refractivity contribution in [3.63, 3.8) is 0 Å². The molecule has 3 aliphatic rings. The van der Waals surface area contributed by atoms with Gasteiger partial charge in [0.25, 0.3) is 5.56 Å². The van der Waals surface area contributed by atoms with E-state index >= 15 is 0 Å². The lowest BCUT2D eigenvalue weighted by Crippen LogP contribution is -2.46. The number of piperidine rings is 1. The van der Waals surface area contributed by atoms with Gasteiger partial charge < -0.3 is 14.8 Å². The number of hydrogen-bond acceptors (Lipinski definition) is 4. The van der Waals surface area contributed by atoms with Crippen LogP contribution in [0.5, 0.6) is 0 Å². The van der Waals surface area contributed by atoms with E-state index in [0.29, 0.717) is 17.1 Å². The summed E-state index contributed by atoms with van der Waals surface area (Å²) in [6.07, 6.45) is 6.52. The third-order valence-corrected chi connectivity index (χ3v) is 6.41. The summed E-state index contributed by atoms with van der Waals surface area (Å²) in [5.74, 6) is 1.59. The standard InChI is InChI=1S/C20H30N4O2/c1-14-17(19(26)22-15(2)21-14)10-18(25)24-9-7-20(13-24)6-3-8-23(12-20)11-16-4-5-16/h16H,3-13H2,1-2H3,(H,21,22,26)/t20-/m1/s1. The van der Waals surface area contributed by atoms with Crippen LogP contribution in [-0.2, 0) is 11.2 Å². The minimum atomic E-state index is -0.175. The summed E-state index contributed by atoms with van der Waals surface area (Å²) in [6, 6.07) is 0. The van der Waals surface area contributed by atoms with E-state index in [0.717, 1.165) is 32.0 Å². The Hall–Kier alpha value is -1.69. The average Bonchev–Trinajstić information content (AvgIpc) is 3.30. The van der Waals surface area contributed by atoms with Crippen molar-refractivity contribution in [2.45, 2.75) is 52.4 Å². The molecular formula is C20H30N4O2. The molecule has 26 heavy (non-hydrogen) atoms. The number of nitrogens with one attached hydrogen (secondary N) is 1. The van der Waals surface area contributed by atoms with Gasteiger partial charge in [-0.15, -0.1) is 0 Å². The Morgan fingerprint density at radius 2 is 2.04 bits per heavy atom. The van der Waals surface area contributed by atoms with Gasteiger partial charge in [-0.3, -0.25) is 9.59 Å².